The van der Waals surface area contributed by atoms with Gasteiger partial charge in [0.2, 0.25) is 0 Å². The lowest BCUT2D eigenvalue weighted by molar-refractivity contribution is 0.242. The van der Waals surface area contributed by atoms with Gasteiger partial charge in [-0.2, -0.15) is 5.10 Å². The van der Waals surface area contributed by atoms with Gasteiger partial charge in [0, 0.05) is 56.2 Å². The van der Waals surface area contributed by atoms with Crippen LogP contribution in [0, 0.1) is 20.8 Å². The van der Waals surface area contributed by atoms with Crippen molar-refractivity contribution in [3.05, 3.63) is 58.0 Å². The Morgan fingerprint density at radius 3 is 2.34 bits per heavy atom. The molecule has 1 fully saturated rings. The Kier molecular flexibility index (Phi) is 5.39. The van der Waals surface area contributed by atoms with E-state index >= 15 is 0 Å². The van der Waals surface area contributed by atoms with Crippen LogP contribution in [0.15, 0.2) is 35.4 Å². The average Bonchev–Trinajstić information content (AvgIpc) is 3.06. The molecule has 0 amide bonds. The summed E-state index contributed by atoms with van der Waals surface area (Å²) >= 11 is 0. The Morgan fingerprint density at radius 1 is 0.862 bits per heavy atom. The number of piperazine rings is 1. The molecule has 0 N–H and O–H groups in total. The van der Waals surface area contributed by atoms with Crippen molar-refractivity contribution in [2.75, 3.05) is 37.6 Å². The fraction of sp³-hybridized carbons (Fsp3) is 0.450. The Bertz CT molecular complexity index is 1050. The van der Waals surface area contributed by atoms with E-state index in [1.807, 2.05) is 32.9 Å². The maximum atomic E-state index is 12.3. The van der Waals surface area contributed by atoms with Gasteiger partial charge in [0.15, 0.2) is 5.82 Å². The van der Waals surface area contributed by atoms with Crippen molar-refractivity contribution < 1.29 is 0 Å². The third-order valence-electron chi connectivity index (χ3n) is 5.19. The van der Waals surface area contributed by atoms with Gasteiger partial charge in [-0.25, -0.2) is 19.3 Å². The van der Waals surface area contributed by atoms with Crippen LogP contribution in [0.5, 0.6) is 0 Å². The molecule has 1 aliphatic rings. The third-order valence-corrected chi connectivity index (χ3v) is 5.19. The zero-order valence-electron chi connectivity index (χ0n) is 17.1. The molecule has 0 spiro atoms. The molecule has 0 aliphatic carbocycles. The van der Waals surface area contributed by atoms with Gasteiger partial charge in [0.05, 0.1) is 12.2 Å². The minimum atomic E-state index is -0.0922. The monoisotopic (exact) mass is 394 g/mol. The average molecular weight is 394 g/mol. The summed E-state index contributed by atoms with van der Waals surface area (Å²) in [6, 6.07) is 7.30. The molecule has 0 radical (unpaired) electrons. The van der Waals surface area contributed by atoms with Gasteiger partial charge in [-0.3, -0.25) is 9.69 Å². The molecule has 29 heavy (non-hydrogen) atoms. The fourth-order valence-electron chi connectivity index (χ4n) is 3.62. The highest BCUT2D eigenvalue weighted by molar-refractivity contribution is 5.39. The molecule has 3 aromatic heterocycles. The Hall–Kier alpha value is -3.07. The summed E-state index contributed by atoms with van der Waals surface area (Å²) < 4.78 is 3.31. The summed E-state index contributed by atoms with van der Waals surface area (Å²) in [4.78, 5) is 25.4. The molecule has 0 saturated carbocycles. The van der Waals surface area contributed by atoms with E-state index in [2.05, 4.69) is 30.0 Å². The summed E-state index contributed by atoms with van der Waals surface area (Å²) in [7, 11) is 0. The van der Waals surface area contributed by atoms with Crippen LogP contribution in [0.25, 0.3) is 5.82 Å². The highest BCUT2D eigenvalue weighted by Crippen LogP contribution is 2.13. The van der Waals surface area contributed by atoms with E-state index in [4.69, 9.17) is 0 Å². The molecule has 0 atom stereocenters. The van der Waals surface area contributed by atoms with E-state index in [1.54, 1.807) is 23.1 Å². The largest absolute Gasteiger partial charge is 0.354 e. The first-order chi connectivity index (χ1) is 14.0. The molecule has 0 aromatic carbocycles. The Balaban J connectivity index is 1.38. The lowest BCUT2D eigenvalue weighted by atomic mass is 10.3. The Labute approximate surface area is 169 Å². The number of aryl methyl sites for hydroxylation is 3. The second-order valence-electron chi connectivity index (χ2n) is 7.44. The number of anilines is 1. The Morgan fingerprint density at radius 2 is 1.66 bits per heavy atom. The molecule has 0 bridgehead atoms. The zero-order valence-corrected chi connectivity index (χ0v) is 17.1. The summed E-state index contributed by atoms with van der Waals surface area (Å²) in [5.74, 6) is 1.65. The summed E-state index contributed by atoms with van der Waals surface area (Å²) in [5, 5.41) is 8.98. The van der Waals surface area contributed by atoms with E-state index in [0.717, 1.165) is 55.6 Å². The summed E-state index contributed by atoms with van der Waals surface area (Å²) in [6.07, 6.45) is 1.62. The van der Waals surface area contributed by atoms with Crippen LogP contribution in [0.3, 0.4) is 0 Å². The number of hydrogen-bond donors (Lipinski definition) is 0. The van der Waals surface area contributed by atoms with Crippen LogP contribution in [0.4, 0.5) is 5.82 Å². The quantitative estimate of drug-likeness (QED) is 0.637. The summed E-state index contributed by atoms with van der Waals surface area (Å²) in [5.41, 5.74) is 2.81. The van der Waals surface area contributed by atoms with Crippen molar-refractivity contribution in [2.45, 2.75) is 27.3 Å². The number of aromatic nitrogens is 6. The van der Waals surface area contributed by atoms with E-state index in [0.29, 0.717) is 12.4 Å². The molecule has 9 heteroatoms. The minimum Gasteiger partial charge on any atom is -0.354 e. The lowest BCUT2D eigenvalue weighted by Crippen LogP contribution is -2.48. The topological polar surface area (TPSA) is 85.0 Å². The van der Waals surface area contributed by atoms with Crippen molar-refractivity contribution in [2.24, 2.45) is 0 Å². The zero-order chi connectivity index (χ0) is 20.4. The predicted molar refractivity (Wildman–Crippen MR) is 111 cm³/mol. The van der Waals surface area contributed by atoms with Crippen molar-refractivity contribution in [3.63, 3.8) is 0 Å². The molecule has 3 aromatic rings. The highest BCUT2D eigenvalue weighted by atomic mass is 16.1. The van der Waals surface area contributed by atoms with Crippen molar-refractivity contribution >= 4 is 5.82 Å². The molecule has 152 valence electrons. The molecular formula is C20H26N8O. The second-order valence-corrected chi connectivity index (χ2v) is 7.44. The van der Waals surface area contributed by atoms with E-state index < -0.39 is 0 Å². The van der Waals surface area contributed by atoms with Gasteiger partial charge in [-0.1, -0.05) is 0 Å². The fourth-order valence-corrected chi connectivity index (χ4v) is 3.62. The van der Waals surface area contributed by atoms with Crippen LogP contribution in [0.2, 0.25) is 0 Å². The number of rotatable bonds is 5. The van der Waals surface area contributed by atoms with Crippen molar-refractivity contribution in [1.82, 2.24) is 34.4 Å². The van der Waals surface area contributed by atoms with E-state index in [-0.39, 0.29) is 5.56 Å². The lowest BCUT2D eigenvalue weighted by Gasteiger charge is -2.35. The first kappa shape index (κ1) is 19.3. The number of hydrogen-bond acceptors (Lipinski definition) is 7. The minimum absolute atomic E-state index is 0.0922. The van der Waals surface area contributed by atoms with Crippen LogP contribution in [-0.4, -0.2) is 67.2 Å². The van der Waals surface area contributed by atoms with Crippen molar-refractivity contribution in [1.29, 1.82) is 0 Å². The molecule has 4 rings (SSSR count). The van der Waals surface area contributed by atoms with Gasteiger partial charge in [0.1, 0.15) is 12.1 Å². The normalized spacial score (nSPS) is 15.1. The second kappa shape index (κ2) is 8.12. The molecule has 0 unspecified atom stereocenters. The van der Waals surface area contributed by atoms with Gasteiger partial charge in [-0.15, -0.1) is 5.10 Å². The molecule has 9 nitrogen and oxygen atoms in total. The molecule has 4 heterocycles. The van der Waals surface area contributed by atoms with Crippen LogP contribution < -0.4 is 10.5 Å². The van der Waals surface area contributed by atoms with Gasteiger partial charge < -0.3 is 4.90 Å². The maximum absolute atomic E-state index is 12.3. The van der Waals surface area contributed by atoms with Crippen LogP contribution in [-0.2, 0) is 6.54 Å². The van der Waals surface area contributed by atoms with Gasteiger partial charge >= 0.3 is 0 Å². The maximum Gasteiger partial charge on any atom is 0.266 e. The molecule has 1 aliphatic heterocycles. The van der Waals surface area contributed by atoms with E-state index in [1.165, 1.54) is 4.68 Å². The standard InChI is InChI=1S/C20H26N8O/c1-15-13-19(22-14-21-15)26-9-6-25(7-10-26)8-11-27-20(29)5-4-18(24-27)28-17(3)12-16(2)23-28/h4-5,12-14H,6-11H2,1-3H3. The van der Waals surface area contributed by atoms with Crippen LogP contribution in [0.1, 0.15) is 17.1 Å². The highest BCUT2D eigenvalue weighted by Gasteiger charge is 2.18. The van der Waals surface area contributed by atoms with Crippen molar-refractivity contribution in [3.8, 4) is 5.82 Å². The smallest absolute Gasteiger partial charge is 0.266 e. The first-order valence-electron chi connectivity index (χ1n) is 9.87. The predicted octanol–water partition coefficient (Wildman–Crippen LogP) is 0.966. The van der Waals surface area contributed by atoms with Crippen LogP contribution >= 0.6 is 0 Å². The molecule has 1 saturated heterocycles. The van der Waals surface area contributed by atoms with E-state index in [9.17, 15) is 4.79 Å². The number of nitrogens with zero attached hydrogens (tertiary/aromatic N) is 8. The first-order valence-corrected chi connectivity index (χ1v) is 9.87. The SMILES string of the molecule is Cc1cc(N2CCN(CCn3nc(-n4nc(C)cc4C)ccc3=O)CC2)ncn1. The van der Waals surface area contributed by atoms with Gasteiger partial charge in [-0.05, 0) is 32.9 Å². The van der Waals surface area contributed by atoms with Gasteiger partial charge in [0.25, 0.3) is 5.56 Å². The molecular weight excluding hydrogens is 368 g/mol. The summed E-state index contributed by atoms with van der Waals surface area (Å²) in [6.45, 7) is 10.9. The third kappa shape index (κ3) is 4.34.